The molecule has 1 rings (SSSR count). The number of carbonyl (C=O) groups excluding carboxylic acids is 1. The molecule has 0 amide bonds. The van der Waals surface area contributed by atoms with Crippen molar-refractivity contribution >= 4 is 5.97 Å². The summed E-state index contributed by atoms with van der Waals surface area (Å²) in [6, 6.07) is 0. The van der Waals surface area contributed by atoms with Gasteiger partial charge in [0.1, 0.15) is 24.9 Å². The Kier molecular flexibility index (Phi) is 18.8. The first kappa shape index (κ1) is 31.3. The Balaban J connectivity index is 2.47. The summed E-state index contributed by atoms with van der Waals surface area (Å²) < 4.78 is 23.4. The van der Waals surface area contributed by atoms with Crippen LogP contribution < -0.4 is 0 Å². The maximum atomic E-state index is 12.1. The molecule has 1 aliphatic heterocycles. The molecule has 7 heteroatoms. The Morgan fingerprint density at radius 3 is 1.88 bits per heavy atom. The lowest BCUT2D eigenvalue weighted by Crippen LogP contribution is -2.40. The fraction of sp³-hybridized carbons (Fsp3) is 0.963. The van der Waals surface area contributed by atoms with Gasteiger partial charge in [-0.2, -0.15) is 0 Å². The van der Waals surface area contributed by atoms with E-state index in [1.54, 1.807) is 0 Å². The van der Waals surface area contributed by atoms with Crippen molar-refractivity contribution in [2.24, 2.45) is 0 Å². The van der Waals surface area contributed by atoms with Crippen molar-refractivity contribution in [2.45, 2.75) is 128 Å². The van der Waals surface area contributed by atoms with E-state index in [0.717, 1.165) is 38.6 Å². The second-order valence-corrected chi connectivity index (χ2v) is 9.86. The van der Waals surface area contributed by atoms with E-state index in [0.29, 0.717) is 19.6 Å². The van der Waals surface area contributed by atoms with Crippen LogP contribution in [0.25, 0.3) is 0 Å². The number of aliphatic hydroxyl groups excluding tert-OH is 1. The van der Waals surface area contributed by atoms with Gasteiger partial charge in [0.05, 0.1) is 0 Å². The van der Waals surface area contributed by atoms with Crippen LogP contribution in [0.15, 0.2) is 0 Å². The number of rotatable bonds is 22. The number of unbranched alkanes of at least 4 members (excludes halogenated alkanes) is 10. The van der Waals surface area contributed by atoms with Gasteiger partial charge in [-0.05, 0) is 39.9 Å². The zero-order valence-corrected chi connectivity index (χ0v) is 22.5. The maximum absolute atomic E-state index is 12.1. The normalized spacial score (nSPS) is 22.5. The van der Waals surface area contributed by atoms with Crippen molar-refractivity contribution in [1.82, 2.24) is 4.90 Å². The molecule has 0 radical (unpaired) electrons. The zero-order valence-electron chi connectivity index (χ0n) is 22.5. The molecule has 0 aromatic heterocycles. The summed E-state index contributed by atoms with van der Waals surface area (Å²) in [5, 5.41) is 10.5. The highest BCUT2D eigenvalue weighted by atomic mass is 16.7. The molecule has 202 valence electrons. The topological polar surface area (TPSA) is 77.5 Å². The monoisotopic (exact) mass is 487 g/mol. The average Bonchev–Trinajstić information content (AvgIpc) is 3.10. The van der Waals surface area contributed by atoms with E-state index in [2.05, 4.69) is 13.8 Å². The lowest BCUT2D eigenvalue weighted by Gasteiger charge is -2.24. The minimum atomic E-state index is -1.06. The van der Waals surface area contributed by atoms with Crippen LogP contribution in [-0.4, -0.2) is 81.0 Å². The first-order chi connectivity index (χ1) is 16.5. The average molecular weight is 488 g/mol. The smallest absolute Gasteiger partial charge is 0.305 e. The van der Waals surface area contributed by atoms with Crippen molar-refractivity contribution in [3.63, 3.8) is 0 Å². The molecule has 4 atom stereocenters. The fourth-order valence-electron chi connectivity index (χ4n) is 4.21. The summed E-state index contributed by atoms with van der Waals surface area (Å²) in [7, 11) is 3.96. The van der Waals surface area contributed by atoms with Gasteiger partial charge in [0.15, 0.2) is 6.29 Å². The molecule has 34 heavy (non-hydrogen) atoms. The predicted molar refractivity (Wildman–Crippen MR) is 136 cm³/mol. The van der Waals surface area contributed by atoms with Gasteiger partial charge in [-0.15, -0.1) is 0 Å². The van der Waals surface area contributed by atoms with Gasteiger partial charge in [-0.25, -0.2) is 0 Å². The lowest BCUT2D eigenvalue weighted by molar-refractivity contribution is -0.161. The molecule has 0 aliphatic carbocycles. The van der Waals surface area contributed by atoms with Crippen molar-refractivity contribution in [1.29, 1.82) is 0 Å². The summed E-state index contributed by atoms with van der Waals surface area (Å²) in [5.74, 6) is -0.244. The van der Waals surface area contributed by atoms with E-state index in [4.69, 9.17) is 18.9 Å². The van der Waals surface area contributed by atoms with E-state index in [9.17, 15) is 9.90 Å². The number of carbonyl (C=O) groups is 1. The summed E-state index contributed by atoms with van der Waals surface area (Å²) in [4.78, 5) is 14.2. The summed E-state index contributed by atoms with van der Waals surface area (Å²) in [6.45, 7) is 6.52. The number of hydrogen-bond acceptors (Lipinski definition) is 7. The second-order valence-electron chi connectivity index (χ2n) is 9.86. The zero-order chi connectivity index (χ0) is 25.0. The van der Waals surface area contributed by atoms with Crippen molar-refractivity contribution in [2.75, 3.05) is 40.5 Å². The van der Waals surface area contributed by atoms with E-state index >= 15 is 0 Å². The molecule has 0 aromatic carbocycles. The van der Waals surface area contributed by atoms with Gasteiger partial charge in [-0.3, -0.25) is 4.79 Å². The van der Waals surface area contributed by atoms with Gasteiger partial charge in [-0.1, -0.05) is 78.1 Å². The van der Waals surface area contributed by atoms with E-state index < -0.39 is 24.6 Å². The standard InChI is InChI=1S/C27H53NO6/c1-5-7-9-11-13-15-20-31-25-23(22-33-24(29)18-17-19-28(3)4)34-27(30)26(25)32-21-16-14-12-10-8-6-2/h23,25-27,30H,5-22H2,1-4H3/t23-,25+,26?,27-/m1/s1. The highest BCUT2D eigenvalue weighted by Crippen LogP contribution is 2.27. The Labute approximate surface area is 208 Å². The number of hydrogen-bond donors (Lipinski definition) is 1. The maximum Gasteiger partial charge on any atom is 0.305 e. The fourth-order valence-corrected chi connectivity index (χ4v) is 4.21. The van der Waals surface area contributed by atoms with Gasteiger partial charge < -0.3 is 29.0 Å². The summed E-state index contributed by atoms with van der Waals surface area (Å²) in [6.07, 6.45) is 12.7. The van der Waals surface area contributed by atoms with Crippen molar-refractivity contribution in [3.05, 3.63) is 0 Å². The highest BCUT2D eigenvalue weighted by molar-refractivity contribution is 5.69. The molecular weight excluding hydrogens is 434 g/mol. The molecule has 1 saturated heterocycles. The number of aliphatic hydroxyl groups is 1. The van der Waals surface area contributed by atoms with Gasteiger partial charge >= 0.3 is 5.97 Å². The molecular formula is C27H53NO6. The van der Waals surface area contributed by atoms with E-state index in [1.165, 1.54) is 51.4 Å². The summed E-state index contributed by atoms with van der Waals surface area (Å²) in [5.41, 5.74) is 0. The SMILES string of the molecule is CCCCCCCCOC1[C@H](O)O[C@H](COC(=O)CCCN(C)C)[C@@H]1OCCCCCCCC. The Morgan fingerprint density at radius 1 is 0.794 bits per heavy atom. The molecule has 1 heterocycles. The highest BCUT2D eigenvalue weighted by Gasteiger charge is 2.46. The molecule has 7 nitrogen and oxygen atoms in total. The van der Waals surface area contributed by atoms with Crippen LogP contribution in [0.5, 0.6) is 0 Å². The molecule has 0 saturated carbocycles. The summed E-state index contributed by atoms with van der Waals surface area (Å²) >= 11 is 0. The van der Waals surface area contributed by atoms with Crippen LogP contribution in [0.1, 0.15) is 104 Å². The molecule has 1 fully saturated rings. The molecule has 0 spiro atoms. The minimum Gasteiger partial charge on any atom is -0.463 e. The second kappa shape index (κ2) is 20.5. The molecule has 0 aromatic rings. The van der Waals surface area contributed by atoms with E-state index in [-0.39, 0.29) is 12.6 Å². The number of nitrogens with zero attached hydrogens (tertiary/aromatic N) is 1. The third-order valence-electron chi connectivity index (χ3n) is 6.30. The van der Waals surface area contributed by atoms with Crippen LogP contribution in [0.2, 0.25) is 0 Å². The lowest BCUT2D eigenvalue weighted by atomic mass is 10.1. The van der Waals surface area contributed by atoms with Crippen LogP contribution in [-0.2, 0) is 23.7 Å². The Hall–Kier alpha value is -0.730. The van der Waals surface area contributed by atoms with Crippen molar-refractivity contribution < 1.29 is 28.8 Å². The Bertz CT molecular complexity index is 490. The molecule has 0 bridgehead atoms. The van der Waals surface area contributed by atoms with Crippen LogP contribution >= 0.6 is 0 Å². The Morgan fingerprint density at radius 2 is 1.32 bits per heavy atom. The predicted octanol–water partition coefficient (Wildman–Crippen LogP) is 5.08. The third kappa shape index (κ3) is 14.6. The largest absolute Gasteiger partial charge is 0.463 e. The molecule has 1 unspecified atom stereocenters. The first-order valence-electron chi connectivity index (χ1n) is 13.9. The minimum absolute atomic E-state index is 0.0793. The van der Waals surface area contributed by atoms with Crippen molar-refractivity contribution in [3.8, 4) is 0 Å². The van der Waals surface area contributed by atoms with Crippen LogP contribution in [0, 0.1) is 0 Å². The molecule has 1 aliphatic rings. The number of esters is 1. The van der Waals surface area contributed by atoms with E-state index in [1.807, 2.05) is 19.0 Å². The third-order valence-corrected chi connectivity index (χ3v) is 6.30. The first-order valence-corrected chi connectivity index (χ1v) is 13.9. The number of ether oxygens (including phenoxy) is 4. The molecule has 1 N–H and O–H groups in total. The quantitative estimate of drug-likeness (QED) is 0.168. The van der Waals surface area contributed by atoms with Crippen LogP contribution in [0.3, 0.4) is 0 Å². The van der Waals surface area contributed by atoms with Crippen LogP contribution in [0.4, 0.5) is 0 Å². The van der Waals surface area contributed by atoms with Gasteiger partial charge in [0.25, 0.3) is 0 Å². The van der Waals surface area contributed by atoms with Gasteiger partial charge in [0, 0.05) is 19.6 Å². The van der Waals surface area contributed by atoms with Gasteiger partial charge in [0.2, 0.25) is 0 Å².